The highest BCUT2D eigenvalue weighted by atomic mass is 32.2. The van der Waals surface area contributed by atoms with Crippen LogP contribution in [0.4, 0.5) is 5.69 Å². The van der Waals surface area contributed by atoms with Crippen molar-refractivity contribution in [3.63, 3.8) is 0 Å². The molecule has 12 heteroatoms. The lowest BCUT2D eigenvalue weighted by Crippen LogP contribution is -2.29. The van der Waals surface area contributed by atoms with Crippen LogP contribution >= 0.6 is 11.8 Å². The Morgan fingerprint density at radius 1 is 1.05 bits per heavy atom. The van der Waals surface area contributed by atoms with Gasteiger partial charge in [-0.25, -0.2) is 4.98 Å². The lowest BCUT2D eigenvalue weighted by molar-refractivity contribution is -0.121. The van der Waals surface area contributed by atoms with Gasteiger partial charge in [-0.3, -0.25) is 19.0 Å². The maximum Gasteiger partial charge on any atom is 0.262 e. The molecule has 1 aromatic heterocycles. The molecule has 2 amide bonds. The van der Waals surface area contributed by atoms with Gasteiger partial charge in [-0.2, -0.15) is 0 Å². The number of fused-ring (bicyclic) bond motifs is 2. The molecule has 2 heterocycles. The topological polar surface area (TPSA) is 130 Å². The predicted molar refractivity (Wildman–Crippen MR) is 168 cm³/mol. The zero-order valence-corrected chi connectivity index (χ0v) is 25.6. The van der Waals surface area contributed by atoms with Gasteiger partial charge in [0, 0.05) is 25.6 Å². The molecular weight excluding hydrogens is 584 g/mol. The number of hydrogen-bond acceptors (Lipinski definition) is 9. The SMILES string of the molecule is CC[C@H](Sc1nc2cc3c(cc2c(=O)n1CCCC(=O)NCc1ccc(OC)cc1)OCO3)C(=O)Nc1ccccc1OC. The maximum absolute atomic E-state index is 13.8. The quantitative estimate of drug-likeness (QED) is 0.161. The fourth-order valence-corrected chi connectivity index (χ4v) is 5.76. The highest BCUT2D eigenvalue weighted by Gasteiger charge is 2.24. The first-order valence-corrected chi connectivity index (χ1v) is 15.1. The lowest BCUT2D eigenvalue weighted by atomic mass is 10.2. The molecule has 1 atom stereocenters. The second-order valence-corrected chi connectivity index (χ2v) is 11.2. The number of rotatable bonds is 13. The van der Waals surface area contributed by atoms with Crippen molar-refractivity contribution in [1.82, 2.24) is 14.9 Å². The van der Waals surface area contributed by atoms with Gasteiger partial charge in [0.05, 0.1) is 36.1 Å². The van der Waals surface area contributed by atoms with Crippen LogP contribution in [0.15, 0.2) is 70.6 Å². The van der Waals surface area contributed by atoms with Gasteiger partial charge in [0.2, 0.25) is 18.6 Å². The molecule has 0 fully saturated rings. The summed E-state index contributed by atoms with van der Waals surface area (Å²) < 4.78 is 23.1. The summed E-state index contributed by atoms with van der Waals surface area (Å²) in [5, 5.41) is 6.04. The van der Waals surface area contributed by atoms with Crippen LogP contribution in [0, 0.1) is 0 Å². The van der Waals surface area contributed by atoms with Crippen molar-refractivity contribution in [2.45, 2.75) is 49.7 Å². The van der Waals surface area contributed by atoms with Crippen LogP contribution < -0.4 is 35.1 Å². The van der Waals surface area contributed by atoms with E-state index >= 15 is 0 Å². The zero-order chi connectivity index (χ0) is 31.1. The van der Waals surface area contributed by atoms with Gasteiger partial charge >= 0.3 is 0 Å². The Labute approximate surface area is 258 Å². The summed E-state index contributed by atoms with van der Waals surface area (Å²) in [6.07, 6.45) is 1.08. The Kier molecular flexibility index (Phi) is 9.90. The third-order valence-electron chi connectivity index (χ3n) is 7.12. The number of thioether (sulfide) groups is 1. The molecule has 1 aliphatic heterocycles. The van der Waals surface area contributed by atoms with E-state index < -0.39 is 5.25 Å². The normalized spacial score (nSPS) is 12.5. The molecule has 44 heavy (non-hydrogen) atoms. The van der Waals surface area contributed by atoms with E-state index in [1.165, 1.54) is 16.3 Å². The average Bonchev–Trinajstić information content (AvgIpc) is 3.51. The third kappa shape index (κ3) is 7.08. The van der Waals surface area contributed by atoms with E-state index in [-0.39, 0.29) is 37.1 Å². The van der Waals surface area contributed by atoms with Gasteiger partial charge < -0.3 is 29.6 Å². The molecule has 11 nitrogen and oxygen atoms in total. The molecule has 1 aliphatic rings. The Balaban J connectivity index is 1.34. The summed E-state index contributed by atoms with van der Waals surface area (Å²) in [6.45, 7) is 2.58. The predicted octanol–water partition coefficient (Wildman–Crippen LogP) is 4.75. The van der Waals surface area contributed by atoms with E-state index in [0.717, 1.165) is 11.3 Å². The van der Waals surface area contributed by atoms with Gasteiger partial charge in [0.1, 0.15) is 11.5 Å². The first kappa shape index (κ1) is 30.7. The first-order valence-electron chi connectivity index (χ1n) is 14.2. The summed E-state index contributed by atoms with van der Waals surface area (Å²) in [4.78, 5) is 44.6. The molecule has 0 saturated heterocycles. The molecule has 0 radical (unpaired) electrons. The van der Waals surface area contributed by atoms with Crippen molar-refractivity contribution in [3.05, 3.63) is 76.6 Å². The average molecular weight is 619 g/mol. The van der Waals surface area contributed by atoms with E-state index in [1.807, 2.05) is 43.3 Å². The number of methoxy groups -OCH3 is 2. The number of benzene rings is 3. The number of nitrogens with zero attached hydrogens (tertiary/aromatic N) is 2. The Hall–Kier alpha value is -4.71. The van der Waals surface area contributed by atoms with Crippen LogP contribution in [0.1, 0.15) is 31.7 Å². The number of hydrogen-bond donors (Lipinski definition) is 2. The number of anilines is 1. The molecule has 0 spiro atoms. The maximum atomic E-state index is 13.8. The number of nitrogens with one attached hydrogen (secondary N) is 2. The second-order valence-electron chi connectivity index (χ2n) is 10.0. The molecule has 0 aliphatic carbocycles. The zero-order valence-electron chi connectivity index (χ0n) is 24.8. The number of para-hydroxylation sites is 2. The van der Waals surface area contributed by atoms with Crippen LogP contribution in [0.3, 0.4) is 0 Å². The number of carbonyl (C=O) groups is 2. The van der Waals surface area contributed by atoms with Crippen molar-refractivity contribution < 1.29 is 28.5 Å². The monoisotopic (exact) mass is 618 g/mol. The van der Waals surface area contributed by atoms with Gasteiger partial charge in [-0.05, 0) is 48.7 Å². The fraction of sp³-hybridized carbons (Fsp3) is 0.312. The minimum atomic E-state index is -0.558. The highest BCUT2D eigenvalue weighted by Crippen LogP contribution is 2.36. The van der Waals surface area contributed by atoms with E-state index in [9.17, 15) is 14.4 Å². The summed E-state index contributed by atoms with van der Waals surface area (Å²) in [6, 6.07) is 17.9. The standard InChI is InChI=1S/C32H34N4O7S/c1-4-28(30(38)34-23-8-5-6-9-25(23)41-3)44-32-35-24-17-27-26(42-19-43-27)16-22(24)31(39)36(32)15-7-10-29(37)33-18-20-11-13-21(40-2)14-12-20/h5-6,8-9,11-14,16-17,28H,4,7,10,15,18-19H2,1-3H3,(H,33,37)(H,34,38)/t28-/m0/s1. The molecule has 0 unspecified atom stereocenters. The van der Waals surface area contributed by atoms with E-state index in [0.29, 0.717) is 58.4 Å². The van der Waals surface area contributed by atoms with Crippen LogP contribution in [0.5, 0.6) is 23.0 Å². The number of ether oxygens (including phenoxy) is 4. The van der Waals surface area contributed by atoms with Crippen molar-refractivity contribution >= 4 is 40.2 Å². The first-order chi connectivity index (χ1) is 21.4. The second kappa shape index (κ2) is 14.2. The van der Waals surface area contributed by atoms with Crippen molar-refractivity contribution in [2.24, 2.45) is 0 Å². The van der Waals surface area contributed by atoms with E-state index in [4.69, 9.17) is 23.9 Å². The van der Waals surface area contributed by atoms with Crippen molar-refractivity contribution in [2.75, 3.05) is 26.3 Å². The molecular formula is C32H34N4O7S. The van der Waals surface area contributed by atoms with Gasteiger partial charge in [0.15, 0.2) is 16.7 Å². The van der Waals surface area contributed by atoms with Gasteiger partial charge in [0.25, 0.3) is 5.56 Å². The van der Waals surface area contributed by atoms with E-state index in [1.54, 1.807) is 38.5 Å². The number of amides is 2. The Morgan fingerprint density at radius 3 is 2.52 bits per heavy atom. The fourth-order valence-electron chi connectivity index (χ4n) is 4.72. The summed E-state index contributed by atoms with van der Waals surface area (Å²) in [5.41, 5.74) is 1.66. The smallest absolute Gasteiger partial charge is 0.262 e. The number of aromatic nitrogens is 2. The summed E-state index contributed by atoms with van der Waals surface area (Å²) in [7, 11) is 3.14. The van der Waals surface area contributed by atoms with E-state index in [2.05, 4.69) is 10.6 Å². The van der Waals surface area contributed by atoms with Gasteiger partial charge in [-0.15, -0.1) is 0 Å². The van der Waals surface area contributed by atoms with Crippen molar-refractivity contribution in [3.8, 4) is 23.0 Å². The van der Waals surface area contributed by atoms with Crippen molar-refractivity contribution in [1.29, 1.82) is 0 Å². The lowest BCUT2D eigenvalue weighted by Gasteiger charge is -2.19. The molecule has 230 valence electrons. The summed E-state index contributed by atoms with van der Waals surface area (Å²) in [5.74, 6) is 1.89. The number of carbonyl (C=O) groups excluding carboxylic acids is 2. The van der Waals surface area contributed by atoms with Crippen LogP contribution in [-0.2, 0) is 22.7 Å². The minimum Gasteiger partial charge on any atom is -0.497 e. The molecule has 4 aromatic rings. The summed E-state index contributed by atoms with van der Waals surface area (Å²) >= 11 is 1.20. The molecule has 2 N–H and O–H groups in total. The Bertz CT molecular complexity index is 1710. The molecule has 3 aromatic carbocycles. The minimum absolute atomic E-state index is 0.0636. The molecule has 0 saturated carbocycles. The third-order valence-corrected chi connectivity index (χ3v) is 8.48. The Morgan fingerprint density at radius 2 is 1.80 bits per heavy atom. The molecule has 0 bridgehead atoms. The van der Waals surface area contributed by atoms with Gasteiger partial charge in [-0.1, -0.05) is 43.0 Å². The highest BCUT2D eigenvalue weighted by molar-refractivity contribution is 8.00. The van der Waals surface area contributed by atoms with Crippen LogP contribution in [0.25, 0.3) is 10.9 Å². The van der Waals surface area contributed by atoms with Crippen LogP contribution in [0.2, 0.25) is 0 Å². The van der Waals surface area contributed by atoms with Crippen LogP contribution in [-0.4, -0.2) is 47.6 Å². The largest absolute Gasteiger partial charge is 0.497 e. The molecule has 5 rings (SSSR count).